The lowest BCUT2D eigenvalue weighted by Gasteiger charge is -2.25. The van der Waals surface area contributed by atoms with Gasteiger partial charge in [0, 0.05) is 15.8 Å². The number of hydrogen-bond donors (Lipinski definition) is 0. The molecule has 2 heteroatoms. The van der Waals surface area contributed by atoms with E-state index in [1.54, 1.807) is 0 Å². The van der Waals surface area contributed by atoms with Gasteiger partial charge in [-0.1, -0.05) is 61.8 Å². The van der Waals surface area contributed by atoms with E-state index in [-0.39, 0.29) is 11.3 Å². The Kier molecular flexibility index (Phi) is 4.31. The fraction of sp³-hybridized carbons (Fsp3) is 0.500. The molecule has 0 saturated heterocycles. The van der Waals surface area contributed by atoms with E-state index in [2.05, 4.69) is 22.0 Å². The van der Waals surface area contributed by atoms with Gasteiger partial charge in [0.1, 0.15) is 5.78 Å². The van der Waals surface area contributed by atoms with Gasteiger partial charge in [-0.05, 0) is 18.1 Å². The molecule has 0 atom stereocenters. The van der Waals surface area contributed by atoms with E-state index in [0.29, 0.717) is 5.78 Å². The third-order valence-electron chi connectivity index (χ3n) is 2.78. The molecule has 0 amide bonds. The van der Waals surface area contributed by atoms with E-state index in [4.69, 9.17) is 0 Å². The van der Waals surface area contributed by atoms with Crippen LogP contribution < -0.4 is 0 Å². The van der Waals surface area contributed by atoms with E-state index >= 15 is 0 Å². The van der Waals surface area contributed by atoms with E-state index in [1.807, 2.05) is 45.9 Å². The Hall–Kier alpha value is -0.630. The van der Waals surface area contributed by atoms with Crippen molar-refractivity contribution in [1.29, 1.82) is 0 Å². The standard InChI is InChI=1S/C14H19BrO/c1-10(2)13(16)14(3,4)9-11-7-5-6-8-12(11)15/h5-8,10H,9H2,1-4H3. The van der Waals surface area contributed by atoms with Crippen molar-refractivity contribution in [2.24, 2.45) is 11.3 Å². The van der Waals surface area contributed by atoms with Crippen LogP contribution in [0.15, 0.2) is 28.7 Å². The highest BCUT2D eigenvalue weighted by Crippen LogP contribution is 2.29. The van der Waals surface area contributed by atoms with Crippen molar-refractivity contribution in [2.75, 3.05) is 0 Å². The number of carbonyl (C=O) groups excluding carboxylic acids is 1. The number of hydrogen-bond acceptors (Lipinski definition) is 1. The molecule has 0 spiro atoms. The molecule has 88 valence electrons. The molecule has 0 aliphatic rings. The second-order valence-electron chi connectivity index (χ2n) is 5.17. The molecule has 0 saturated carbocycles. The smallest absolute Gasteiger partial charge is 0.141 e. The van der Waals surface area contributed by atoms with Gasteiger partial charge in [0.2, 0.25) is 0 Å². The lowest BCUT2D eigenvalue weighted by Crippen LogP contribution is -2.30. The molecule has 0 heterocycles. The summed E-state index contributed by atoms with van der Waals surface area (Å²) >= 11 is 3.52. The highest BCUT2D eigenvalue weighted by Gasteiger charge is 2.30. The van der Waals surface area contributed by atoms with Crippen LogP contribution in [0.1, 0.15) is 33.3 Å². The van der Waals surface area contributed by atoms with E-state index in [0.717, 1.165) is 10.9 Å². The average molecular weight is 283 g/mol. The number of ketones is 1. The van der Waals surface area contributed by atoms with Crippen LogP contribution in [0.5, 0.6) is 0 Å². The zero-order chi connectivity index (χ0) is 12.3. The van der Waals surface area contributed by atoms with Crippen molar-refractivity contribution in [3.63, 3.8) is 0 Å². The zero-order valence-electron chi connectivity index (χ0n) is 10.4. The molecule has 1 aromatic rings. The maximum Gasteiger partial charge on any atom is 0.141 e. The molecular formula is C14H19BrO. The molecule has 0 aliphatic carbocycles. The molecule has 0 fully saturated rings. The summed E-state index contributed by atoms with van der Waals surface area (Å²) in [5.41, 5.74) is 0.902. The van der Waals surface area contributed by atoms with Crippen LogP contribution in [-0.4, -0.2) is 5.78 Å². The van der Waals surface area contributed by atoms with Crippen molar-refractivity contribution in [3.8, 4) is 0 Å². The van der Waals surface area contributed by atoms with E-state index in [9.17, 15) is 4.79 Å². The molecule has 1 aromatic carbocycles. The number of benzene rings is 1. The number of Topliss-reactive ketones (excluding diaryl/α,β-unsaturated/α-hetero) is 1. The summed E-state index contributed by atoms with van der Waals surface area (Å²) in [6.45, 7) is 7.97. The van der Waals surface area contributed by atoms with Crippen LogP contribution in [0.25, 0.3) is 0 Å². The maximum absolute atomic E-state index is 12.1. The molecular weight excluding hydrogens is 264 g/mol. The third kappa shape index (κ3) is 3.18. The first-order valence-corrected chi connectivity index (χ1v) is 6.41. The van der Waals surface area contributed by atoms with Gasteiger partial charge < -0.3 is 0 Å². The minimum Gasteiger partial charge on any atom is -0.299 e. The van der Waals surface area contributed by atoms with Gasteiger partial charge in [0.05, 0.1) is 0 Å². The quantitative estimate of drug-likeness (QED) is 0.807. The van der Waals surface area contributed by atoms with Crippen LogP contribution in [0.3, 0.4) is 0 Å². The molecule has 0 unspecified atom stereocenters. The fourth-order valence-corrected chi connectivity index (χ4v) is 2.41. The van der Waals surface area contributed by atoms with Crippen LogP contribution >= 0.6 is 15.9 Å². The van der Waals surface area contributed by atoms with Gasteiger partial charge in [-0.2, -0.15) is 0 Å². The second-order valence-corrected chi connectivity index (χ2v) is 6.03. The summed E-state index contributed by atoms with van der Waals surface area (Å²) in [6, 6.07) is 8.09. The molecule has 0 bridgehead atoms. The molecule has 1 nitrogen and oxygen atoms in total. The topological polar surface area (TPSA) is 17.1 Å². The van der Waals surface area contributed by atoms with Crippen LogP contribution in [0.2, 0.25) is 0 Å². The second kappa shape index (κ2) is 5.13. The lowest BCUT2D eigenvalue weighted by molar-refractivity contribution is -0.130. The van der Waals surface area contributed by atoms with Crippen molar-refractivity contribution < 1.29 is 4.79 Å². The monoisotopic (exact) mass is 282 g/mol. The molecule has 0 radical (unpaired) electrons. The van der Waals surface area contributed by atoms with Gasteiger partial charge in [-0.15, -0.1) is 0 Å². The van der Waals surface area contributed by atoms with Crippen LogP contribution in [0, 0.1) is 11.3 Å². The SMILES string of the molecule is CC(C)C(=O)C(C)(C)Cc1ccccc1Br. The van der Waals surface area contributed by atoms with Gasteiger partial charge in [-0.3, -0.25) is 4.79 Å². The summed E-state index contributed by atoms with van der Waals surface area (Å²) < 4.78 is 1.08. The Balaban J connectivity index is 2.89. The maximum atomic E-state index is 12.1. The number of rotatable bonds is 4. The Labute approximate surface area is 106 Å². The Morgan fingerprint density at radius 2 is 1.88 bits per heavy atom. The average Bonchev–Trinajstić information content (AvgIpc) is 2.20. The molecule has 0 aliphatic heterocycles. The predicted molar refractivity (Wildman–Crippen MR) is 71.5 cm³/mol. The minimum absolute atomic E-state index is 0.0949. The highest BCUT2D eigenvalue weighted by molar-refractivity contribution is 9.10. The van der Waals surface area contributed by atoms with E-state index in [1.165, 1.54) is 5.56 Å². The summed E-state index contributed by atoms with van der Waals surface area (Å²) in [5, 5.41) is 0. The lowest BCUT2D eigenvalue weighted by atomic mass is 9.78. The summed E-state index contributed by atoms with van der Waals surface area (Å²) in [5.74, 6) is 0.417. The van der Waals surface area contributed by atoms with Crippen molar-refractivity contribution >= 4 is 21.7 Å². The number of halogens is 1. The first-order valence-electron chi connectivity index (χ1n) is 5.62. The van der Waals surface area contributed by atoms with Crippen LogP contribution in [-0.2, 0) is 11.2 Å². The zero-order valence-corrected chi connectivity index (χ0v) is 12.0. The Morgan fingerprint density at radius 3 is 2.38 bits per heavy atom. The summed E-state index contributed by atoms with van der Waals surface area (Å²) in [7, 11) is 0. The molecule has 0 N–H and O–H groups in total. The van der Waals surface area contributed by atoms with E-state index < -0.39 is 0 Å². The third-order valence-corrected chi connectivity index (χ3v) is 3.56. The largest absolute Gasteiger partial charge is 0.299 e. The first-order chi connectivity index (χ1) is 7.34. The molecule has 1 rings (SSSR count). The molecule has 0 aromatic heterocycles. The Morgan fingerprint density at radius 1 is 1.31 bits per heavy atom. The fourth-order valence-electron chi connectivity index (χ4n) is 1.99. The van der Waals surface area contributed by atoms with Crippen molar-refractivity contribution in [2.45, 2.75) is 34.1 Å². The first kappa shape index (κ1) is 13.4. The highest BCUT2D eigenvalue weighted by atomic mass is 79.9. The van der Waals surface area contributed by atoms with Gasteiger partial charge >= 0.3 is 0 Å². The molecule has 16 heavy (non-hydrogen) atoms. The Bertz CT molecular complexity index is 380. The minimum atomic E-state index is -0.294. The predicted octanol–water partition coefficient (Wildman–Crippen LogP) is 4.24. The van der Waals surface area contributed by atoms with Gasteiger partial charge in [-0.25, -0.2) is 0 Å². The number of carbonyl (C=O) groups is 1. The normalized spacial score (nSPS) is 11.9. The van der Waals surface area contributed by atoms with Crippen molar-refractivity contribution in [3.05, 3.63) is 34.3 Å². The summed E-state index contributed by atoms with van der Waals surface area (Å²) in [6.07, 6.45) is 0.783. The van der Waals surface area contributed by atoms with Crippen molar-refractivity contribution in [1.82, 2.24) is 0 Å². The van der Waals surface area contributed by atoms with Gasteiger partial charge in [0.25, 0.3) is 0 Å². The van der Waals surface area contributed by atoms with Gasteiger partial charge in [0.15, 0.2) is 0 Å². The van der Waals surface area contributed by atoms with Crippen LogP contribution in [0.4, 0.5) is 0 Å². The summed E-state index contributed by atoms with van der Waals surface area (Å²) in [4.78, 5) is 12.1.